The predicted octanol–water partition coefficient (Wildman–Crippen LogP) is 2.51. The lowest BCUT2D eigenvalue weighted by Gasteiger charge is -2.35. The molecule has 7 nitrogen and oxygen atoms in total. The van der Waals surface area contributed by atoms with Crippen LogP contribution in [0.5, 0.6) is 5.75 Å². The van der Waals surface area contributed by atoms with Gasteiger partial charge in [-0.1, -0.05) is 0 Å². The molecule has 4 rings (SSSR count). The molecule has 3 aromatic rings. The van der Waals surface area contributed by atoms with E-state index in [-0.39, 0.29) is 5.91 Å². The largest absolute Gasteiger partial charge is 0.497 e. The maximum atomic E-state index is 12.7. The number of aromatic nitrogens is 3. The molecular weight excluding hydrogens is 354 g/mol. The van der Waals surface area contributed by atoms with Gasteiger partial charge in [0, 0.05) is 49.7 Å². The van der Waals surface area contributed by atoms with E-state index in [0.717, 1.165) is 35.9 Å². The van der Waals surface area contributed by atoms with Crippen LogP contribution in [0.25, 0.3) is 11.3 Å². The van der Waals surface area contributed by atoms with Crippen LogP contribution in [-0.2, 0) is 0 Å². The average molecular weight is 375 g/mol. The molecule has 1 aromatic carbocycles. The molecule has 1 fully saturated rings. The Morgan fingerprint density at radius 3 is 2.36 bits per heavy atom. The normalized spacial score (nSPS) is 14.0. The summed E-state index contributed by atoms with van der Waals surface area (Å²) in [6.45, 7) is 2.75. The highest BCUT2D eigenvalue weighted by Gasteiger charge is 2.23. The molecule has 0 N–H and O–H groups in total. The lowest BCUT2D eigenvalue weighted by Crippen LogP contribution is -2.49. The summed E-state index contributed by atoms with van der Waals surface area (Å²) in [4.78, 5) is 20.8. The third kappa shape index (κ3) is 3.78. The third-order valence-corrected chi connectivity index (χ3v) is 4.84. The summed E-state index contributed by atoms with van der Waals surface area (Å²) in [5.41, 5.74) is 2.41. The van der Waals surface area contributed by atoms with Crippen LogP contribution in [-0.4, -0.2) is 59.3 Å². The molecule has 0 saturated carbocycles. The van der Waals surface area contributed by atoms with Crippen LogP contribution in [0.2, 0.25) is 0 Å². The number of nitrogens with zero attached hydrogens (tertiary/aromatic N) is 5. The first kappa shape index (κ1) is 17.9. The van der Waals surface area contributed by atoms with Crippen LogP contribution in [0, 0.1) is 0 Å². The lowest BCUT2D eigenvalue weighted by atomic mass is 10.1. The number of rotatable bonds is 4. The maximum absolute atomic E-state index is 12.7. The van der Waals surface area contributed by atoms with E-state index in [1.54, 1.807) is 31.6 Å². The molecule has 0 aliphatic carbocycles. The Morgan fingerprint density at radius 1 is 0.964 bits per heavy atom. The van der Waals surface area contributed by atoms with E-state index in [2.05, 4.69) is 20.1 Å². The molecule has 28 heavy (non-hydrogen) atoms. The van der Waals surface area contributed by atoms with Gasteiger partial charge in [-0.05, 0) is 48.5 Å². The van der Waals surface area contributed by atoms with Gasteiger partial charge in [0.05, 0.1) is 12.8 Å². The summed E-state index contributed by atoms with van der Waals surface area (Å²) in [5, 5.41) is 8.67. The Balaban J connectivity index is 1.37. The van der Waals surface area contributed by atoms with Gasteiger partial charge in [-0.25, -0.2) is 0 Å². The fourth-order valence-corrected chi connectivity index (χ4v) is 3.22. The highest BCUT2D eigenvalue weighted by Crippen LogP contribution is 2.19. The Bertz CT molecular complexity index is 921. The molecule has 1 aliphatic heterocycles. The van der Waals surface area contributed by atoms with Gasteiger partial charge >= 0.3 is 0 Å². The minimum atomic E-state index is 0.0420. The van der Waals surface area contributed by atoms with Crippen LogP contribution in [0.3, 0.4) is 0 Å². The SMILES string of the molecule is COc1ccc(C(=O)N2CCN(c3ccc(-c4cccnc4)nn3)CC2)cc1. The number of benzene rings is 1. The maximum Gasteiger partial charge on any atom is 0.253 e. The first-order chi connectivity index (χ1) is 13.7. The van der Waals surface area contributed by atoms with E-state index in [1.807, 2.05) is 41.3 Å². The van der Waals surface area contributed by atoms with E-state index in [4.69, 9.17) is 4.74 Å². The minimum Gasteiger partial charge on any atom is -0.497 e. The standard InChI is InChI=1S/C21H21N5O2/c1-28-18-6-4-16(5-7-18)21(27)26-13-11-25(12-14-26)20-9-8-19(23-24-20)17-3-2-10-22-15-17/h2-10,15H,11-14H2,1H3. The smallest absolute Gasteiger partial charge is 0.253 e. The van der Waals surface area contributed by atoms with Crippen molar-refractivity contribution in [3.8, 4) is 17.0 Å². The van der Waals surface area contributed by atoms with Gasteiger partial charge in [0.15, 0.2) is 5.82 Å². The zero-order valence-electron chi connectivity index (χ0n) is 15.7. The molecule has 1 amide bonds. The van der Waals surface area contributed by atoms with E-state index < -0.39 is 0 Å². The molecule has 3 heterocycles. The van der Waals surface area contributed by atoms with E-state index >= 15 is 0 Å². The quantitative estimate of drug-likeness (QED) is 0.698. The van der Waals surface area contributed by atoms with Crippen LogP contribution in [0.4, 0.5) is 5.82 Å². The number of hydrogen-bond acceptors (Lipinski definition) is 6. The first-order valence-electron chi connectivity index (χ1n) is 9.17. The molecule has 1 aliphatic rings. The summed E-state index contributed by atoms with van der Waals surface area (Å²) in [5.74, 6) is 1.61. The number of hydrogen-bond donors (Lipinski definition) is 0. The number of carbonyl (C=O) groups is 1. The van der Waals surface area contributed by atoms with Gasteiger partial charge in [0.1, 0.15) is 5.75 Å². The molecule has 1 saturated heterocycles. The van der Waals surface area contributed by atoms with Crippen LogP contribution in [0.1, 0.15) is 10.4 Å². The van der Waals surface area contributed by atoms with Crippen LogP contribution in [0.15, 0.2) is 60.9 Å². The number of anilines is 1. The molecule has 0 radical (unpaired) electrons. The second-order valence-electron chi connectivity index (χ2n) is 6.53. The van der Waals surface area contributed by atoms with Crippen molar-refractivity contribution in [3.05, 3.63) is 66.5 Å². The summed E-state index contributed by atoms with van der Waals surface area (Å²) < 4.78 is 5.15. The summed E-state index contributed by atoms with van der Waals surface area (Å²) in [6.07, 6.45) is 3.51. The Kier molecular flexibility index (Phi) is 5.14. The van der Waals surface area contributed by atoms with Gasteiger partial charge in [-0.2, -0.15) is 0 Å². The van der Waals surface area contributed by atoms with Gasteiger partial charge in [-0.15, -0.1) is 10.2 Å². The number of ether oxygens (including phenoxy) is 1. The van der Waals surface area contributed by atoms with E-state index in [1.165, 1.54) is 0 Å². The van der Waals surface area contributed by atoms with Crippen molar-refractivity contribution in [1.29, 1.82) is 0 Å². The highest BCUT2D eigenvalue weighted by molar-refractivity contribution is 5.94. The highest BCUT2D eigenvalue weighted by atomic mass is 16.5. The summed E-state index contributed by atoms with van der Waals surface area (Å²) >= 11 is 0. The van der Waals surface area contributed by atoms with Crippen molar-refractivity contribution in [2.24, 2.45) is 0 Å². The van der Waals surface area contributed by atoms with Crippen molar-refractivity contribution in [2.45, 2.75) is 0 Å². The zero-order chi connectivity index (χ0) is 19.3. The second-order valence-corrected chi connectivity index (χ2v) is 6.53. The van der Waals surface area contributed by atoms with Crippen molar-refractivity contribution in [3.63, 3.8) is 0 Å². The monoisotopic (exact) mass is 375 g/mol. The van der Waals surface area contributed by atoms with Crippen molar-refractivity contribution >= 4 is 11.7 Å². The molecule has 0 unspecified atom stereocenters. The molecule has 7 heteroatoms. The molecule has 142 valence electrons. The fraction of sp³-hybridized carbons (Fsp3) is 0.238. The van der Waals surface area contributed by atoms with Crippen LogP contribution >= 0.6 is 0 Å². The van der Waals surface area contributed by atoms with Gasteiger partial charge in [0.25, 0.3) is 5.91 Å². The van der Waals surface area contributed by atoms with Crippen LogP contribution < -0.4 is 9.64 Å². The summed E-state index contributed by atoms with van der Waals surface area (Å²) in [7, 11) is 1.61. The number of carbonyl (C=O) groups excluding carboxylic acids is 1. The number of methoxy groups -OCH3 is 1. The minimum absolute atomic E-state index is 0.0420. The molecule has 0 bridgehead atoms. The predicted molar refractivity (Wildman–Crippen MR) is 106 cm³/mol. The Morgan fingerprint density at radius 2 is 1.75 bits per heavy atom. The van der Waals surface area contributed by atoms with Gasteiger partial charge < -0.3 is 14.5 Å². The van der Waals surface area contributed by atoms with Crippen molar-refractivity contribution in [1.82, 2.24) is 20.1 Å². The van der Waals surface area contributed by atoms with Crippen molar-refractivity contribution in [2.75, 3.05) is 38.2 Å². The first-order valence-corrected chi connectivity index (χ1v) is 9.17. The van der Waals surface area contributed by atoms with E-state index in [0.29, 0.717) is 18.7 Å². The van der Waals surface area contributed by atoms with Gasteiger partial charge in [0.2, 0.25) is 0 Å². The molecule has 0 spiro atoms. The lowest BCUT2D eigenvalue weighted by molar-refractivity contribution is 0.0746. The summed E-state index contributed by atoms with van der Waals surface area (Å²) in [6, 6.07) is 15.0. The second kappa shape index (κ2) is 8.04. The topological polar surface area (TPSA) is 71.5 Å². The average Bonchev–Trinajstić information content (AvgIpc) is 2.79. The Labute approximate surface area is 163 Å². The number of pyridine rings is 1. The molecule has 2 aromatic heterocycles. The molecule has 0 atom stereocenters. The van der Waals surface area contributed by atoms with Crippen molar-refractivity contribution < 1.29 is 9.53 Å². The third-order valence-electron chi connectivity index (χ3n) is 4.84. The molecular formula is C21H21N5O2. The zero-order valence-corrected chi connectivity index (χ0v) is 15.7. The Hall–Kier alpha value is -3.48. The van der Waals surface area contributed by atoms with E-state index in [9.17, 15) is 4.79 Å². The number of piperazine rings is 1. The number of amides is 1. The fourth-order valence-electron chi connectivity index (χ4n) is 3.22. The van der Waals surface area contributed by atoms with Gasteiger partial charge in [-0.3, -0.25) is 9.78 Å².